The molecule has 1 aliphatic heterocycles. The topological polar surface area (TPSA) is 71.1 Å². The second-order valence-corrected chi connectivity index (χ2v) is 4.38. The van der Waals surface area contributed by atoms with Crippen LogP contribution in [-0.4, -0.2) is 36.8 Å². The van der Waals surface area contributed by atoms with Crippen molar-refractivity contribution in [3.05, 3.63) is 29.8 Å². The van der Waals surface area contributed by atoms with Crippen LogP contribution in [0.5, 0.6) is 0 Å². The van der Waals surface area contributed by atoms with E-state index in [0.29, 0.717) is 6.10 Å². The van der Waals surface area contributed by atoms with Crippen molar-refractivity contribution in [1.82, 2.24) is 0 Å². The molecule has 0 saturated carbocycles. The van der Waals surface area contributed by atoms with Gasteiger partial charge in [0.25, 0.3) is 0 Å². The van der Waals surface area contributed by atoms with Crippen LogP contribution in [0.1, 0.15) is 18.9 Å². The Morgan fingerprint density at radius 3 is 2.83 bits per heavy atom. The van der Waals surface area contributed by atoms with E-state index in [1.165, 1.54) is 0 Å². The molecule has 0 spiro atoms. The SMILES string of the molecule is CCC1CN(c2ccc(/C(N)=N/O)cc2)CCO1. The standard InChI is InChI=1S/C13H19N3O2/c1-2-12-9-16(7-8-18-12)11-5-3-10(4-6-11)13(14)15-17/h3-6,12,17H,2,7-9H2,1H3,(H2,14,15). The molecule has 1 unspecified atom stereocenters. The Balaban J connectivity index is 2.09. The van der Waals surface area contributed by atoms with Crippen molar-refractivity contribution in [1.29, 1.82) is 0 Å². The van der Waals surface area contributed by atoms with Crippen LogP contribution < -0.4 is 10.6 Å². The number of amidine groups is 1. The molecule has 0 radical (unpaired) electrons. The molecule has 0 aromatic heterocycles. The Morgan fingerprint density at radius 1 is 1.50 bits per heavy atom. The normalized spacial score (nSPS) is 21.1. The van der Waals surface area contributed by atoms with E-state index in [1.807, 2.05) is 24.3 Å². The van der Waals surface area contributed by atoms with E-state index in [9.17, 15) is 0 Å². The number of ether oxygens (including phenoxy) is 1. The summed E-state index contributed by atoms with van der Waals surface area (Å²) in [5, 5.41) is 11.6. The van der Waals surface area contributed by atoms with E-state index in [0.717, 1.165) is 37.4 Å². The van der Waals surface area contributed by atoms with E-state index in [4.69, 9.17) is 15.7 Å². The van der Waals surface area contributed by atoms with Gasteiger partial charge in [0.1, 0.15) is 0 Å². The van der Waals surface area contributed by atoms with Crippen LogP contribution in [0.2, 0.25) is 0 Å². The molecule has 0 aliphatic carbocycles. The molecule has 1 atom stereocenters. The number of oxime groups is 1. The van der Waals surface area contributed by atoms with Crippen LogP contribution >= 0.6 is 0 Å². The number of morpholine rings is 1. The Morgan fingerprint density at radius 2 is 2.22 bits per heavy atom. The predicted octanol–water partition coefficient (Wildman–Crippen LogP) is 1.40. The molecule has 0 amide bonds. The molecule has 5 nitrogen and oxygen atoms in total. The highest BCUT2D eigenvalue weighted by molar-refractivity contribution is 5.97. The summed E-state index contributed by atoms with van der Waals surface area (Å²) in [6, 6.07) is 7.71. The molecule has 98 valence electrons. The zero-order valence-electron chi connectivity index (χ0n) is 10.5. The van der Waals surface area contributed by atoms with Gasteiger partial charge in [0.15, 0.2) is 5.84 Å². The van der Waals surface area contributed by atoms with Gasteiger partial charge in [-0.2, -0.15) is 0 Å². The van der Waals surface area contributed by atoms with Crippen molar-refractivity contribution < 1.29 is 9.94 Å². The first-order valence-corrected chi connectivity index (χ1v) is 6.19. The minimum atomic E-state index is 0.134. The summed E-state index contributed by atoms with van der Waals surface area (Å²) < 4.78 is 5.64. The Kier molecular flexibility index (Phi) is 4.04. The lowest BCUT2D eigenvalue weighted by atomic mass is 10.1. The molecular weight excluding hydrogens is 230 g/mol. The summed E-state index contributed by atoms with van der Waals surface area (Å²) in [7, 11) is 0. The average Bonchev–Trinajstić information content (AvgIpc) is 2.46. The summed E-state index contributed by atoms with van der Waals surface area (Å²) >= 11 is 0. The molecule has 1 fully saturated rings. The number of rotatable bonds is 3. The van der Waals surface area contributed by atoms with E-state index in [2.05, 4.69) is 17.0 Å². The molecule has 18 heavy (non-hydrogen) atoms. The number of anilines is 1. The van der Waals surface area contributed by atoms with Gasteiger partial charge in [-0.25, -0.2) is 0 Å². The maximum Gasteiger partial charge on any atom is 0.170 e. The smallest absolute Gasteiger partial charge is 0.170 e. The van der Waals surface area contributed by atoms with Gasteiger partial charge in [-0.05, 0) is 30.7 Å². The quantitative estimate of drug-likeness (QED) is 0.367. The highest BCUT2D eigenvalue weighted by Crippen LogP contribution is 2.19. The number of hydrogen-bond donors (Lipinski definition) is 2. The fourth-order valence-electron chi connectivity index (χ4n) is 2.10. The van der Waals surface area contributed by atoms with Crippen molar-refractivity contribution in [2.24, 2.45) is 10.9 Å². The van der Waals surface area contributed by atoms with Crippen LogP contribution in [0.15, 0.2) is 29.4 Å². The van der Waals surface area contributed by atoms with Gasteiger partial charge in [0.2, 0.25) is 0 Å². The third-order valence-electron chi connectivity index (χ3n) is 3.23. The molecule has 2 rings (SSSR count). The first-order valence-electron chi connectivity index (χ1n) is 6.19. The fourth-order valence-corrected chi connectivity index (χ4v) is 2.10. The molecule has 1 heterocycles. The van der Waals surface area contributed by atoms with E-state index < -0.39 is 0 Å². The molecule has 3 N–H and O–H groups in total. The average molecular weight is 249 g/mol. The molecule has 1 aromatic rings. The summed E-state index contributed by atoms with van der Waals surface area (Å²) in [5.41, 5.74) is 7.40. The van der Waals surface area contributed by atoms with Crippen LogP contribution in [0.25, 0.3) is 0 Å². The summed E-state index contributed by atoms with van der Waals surface area (Å²) in [6.45, 7) is 4.72. The van der Waals surface area contributed by atoms with Crippen LogP contribution in [0.4, 0.5) is 5.69 Å². The third-order valence-corrected chi connectivity index (χ3v) is 3.23. The number of benzene rings is 1. The molecule has 0 bridgehead atoms. The van der Waals surface area contributed by atoms with Crippen LogP contribution in [0.3, 0.4) is 0 Å². The monoisotopic (exact) mass is 249 g/mol. The minimum Gasteiger partial charge on any atom is -0.409 e. The summed E-state index contributed by atoms with van der Waals surface area (Å²) in [6.07, 6.45) is 1.33. The molecule has 1 saturated heterocycles. The maximum absolute atomic E-state index is 8.61. The van der Waals surface area contributed by atoms with Crippen molar-refractivity contribution in [2.75, 3.05) is 24.6 Å². The van der Waals surface area contributed by atoms with Gasteiger partial charge in [0.05, 0.1) is 12.7 Å². The first-order chi connectivity index (χ1) is 8.74. The maximum atomic E-state index is 8.61. The van der Waals surface area contributed by atoms with Crippen molar-refractivity contribution in [3.63, 3.8) is 0 Å². The number of nitrogens with zero attached hydrogens (tertiary/aromatic N) is 2. The van der Waals surface area contributed by atoms with Crippen LogP contribution in [-0.2, 0) is 4.74 Å². The van der Waals surface area contributed by atoms with Crippen molar-refractivity contribution in [2.45, 2.75) is 19.4 Å². The van der Waals surface area contributed by atoms with Crippen LogP contribution in [0, 0.1) is 0 Å². The van der Waals surface area contributed by atoms with Gasteiger partial charge in [-0.1, -0.05) is 12.1 Å². The Hall–Kier alpha value is -1.75. The van der Waals surface area contributed by atoms with E-state index >= 15 is 0 Å². The molecular formula is C13H19N3O2. The Bertz CT molecular complexity index is 417. The van der Waals surface area contributed by atoms with E-state index in [-0.39, 0.29) is 5.84 Å². The zero-order valence-corrected chi connectivity index (χ0v) is 10.5. The predicted molar refractivity (Wildman–Crippen MR) is 71.2 cm³/mol. The van der Waals surface area contributed by atoms with Gasteiger partial charge in [-0.15, -0.1) is 0 Å². The molecule has 1 aliphatic rings. The zero-order chi connectivity index (χ0) is 13.0. The third kappa shape index (κ3) is 2.73. The largest absolute Gasteiger partial charge is 0.409 e. The highest BCUT2D eigenvalue weighted by atomic mass is 16.5. The summed E-state index contributed by atoms with van der Waals surface area (Å²) in [4.78, 5) is 2.30. The van der Waals surface area contributed by atoms with Gasteiger partial charge in [0, 0.05) is 24.3 Å². The highest BCUT2D eigenvalue weighted by Gasteiger charge is 2.19. The molecule has 5 heteroatoms. The number of hydrogen-bond acceptors (Lipinski definition) is 4. The van der Waals surface area contributed by atoms with Gasteiger partial charge in [-0.3, -0.25) is 0 Å². The second kappa shape index (κ2) is 5.73. The van der Waals surface area contributed by atoms with E-state index in [1.54, 1.807) is 0 Å². The second-order valence-electron chi connectivity index (χ2n) is 4.38. The van der Waals surface area contributed by atoms with Crippen molar-refractivity contribution >= 4 is 11.5 Å². The summed E-state index contributed by atoms with van der Waals surface area (Å²) in [5.74, 6) is 0.134. The molecule has 1 aromatic carbocycles. The van der Waals surface area contributed by atoms with Gasteiger partial charge < -0.3 is 20.6 Å². The van der Waals surface area contributed by atoms with Crippen molar-refractivity contribution in [3.8, 4) is 0 Å². The Labute approximate surface area is 107 Å². The number of nitrogens with two attached hydrogens (primary N) is 1. The minimum absolute atomic E-state index is 0.134. The first kappa shape index (κ1) is 12.7. The fraction of sp³-hybridized carbons (Fsp3) is 0.462. The lowest BCUT2D eigenvalue weighted by molar-refractivity contribution is 0.0384. The lowest BCUT2D eigenvalue weighted by Crippen LogP contribution is -2.42. The lowest BCUT2D eigenvalue weighted by Gasteiger charge is -2.34. The van der Waals surface area contributed by atoms with Gasteiger partial charge >= 0.3 is 0 Å².